The van der Waals surface area contributed by atoms with Gasteiger partial charge in [0.15, 0.2) is 18.1 Å². The second-order valence-electron chi connectivity index (χ2n) is 7.99. The van der Waals surface area contributed by atoms with Gasteiger partial charge in [0.2, 0.25) is 0 Å². The third-order valence-corrected chi connectivity index (χ3v) is 5.02. The van der Waals surface area contributed by atoms with Gasteiger partial charge in [0.05, 0.1) is 13.3 Å². The number of nitrogens with zero attached hydrogens (tertiary/aromatic N) is 1. The molecule has 3 aromatic carbocycles. The number of hydrogen-bond acceptors (Lipinski definition) is 5. The van der Waals surface area contributed by atoms with Crippen molar-refractivity contribution in [3.8, 4) is 17.2 Å². The predicted molar refractivity (Wildman–Crippen MR) is 130 cm³/mol. The summed E-state index contributed by atoms with van der Waals surface area (Å²) >= 11 is 0. The predicted octanol–water partition coefficient (Wildman–Crippen LogP) is 5.24. The molecule has 3 aromatic rings. The highest BCUT2D eigenvalue weighted by Gasteiger charge is 2.07. The van der Waals surface area contributed by atoms with Crippen LogP contribution in [-0.4, -0.2) is 25.8 Å². The van der Waals surface area contributed by atoms with Crippen molar-refractivity contribution < 1.29 is 19.0 Å². The second-order valence-corrected chi connectivity index (χ2v) is 7.99. The molecule has 0 aromatic heterocycles. The maximum atomic E-state index is 12.0. The number of nitrogens with one attached hydrogen (secondary N) is 1. The highest BCUT2D eigenvalue weighted by atomic mass is 16.5. The van der Waals surface area contributed by atoms with Gasteiger partial charge in [-0.25, -0.2) is 5.43 Å². The maximum Gasteiger partial charge on any atom is 0.277 e. The van der Waals surface area contributed by atoms with Crippen molar-refractivity contribution in [2.45, 2.75) is 33.3 Å². The molecule has 0 aliphatic carbocycles. The van der Waals surface area contributed by atoms with Crippen LogP contribution in [0.15, 0.2) is 71.8 Å². The number of carbonyl (C=O) groups is 1. The van der Waals surface area contributed by atoms with Crippen molar-refractivity contribution in [2.24, 2.45) is 5.10 Å². The molecular weight excluding hydrogens is 416 g/mol. The Morgan fingerprint density at radius 1 is 0.970 bits per heavy atom. The van der Waals surface area contributed by atoms with E-state index in [0.717, 1.165) is 11.1 Å². The summed E-state index contributed by atoms with van der Waals surface area (Å²) in [6.45, 7) is 6.63. The molecule has 0 unspecified atom stereocenters. The molecule has 6 nitrogen and oxygen atoms in total. The van der Waals surface area contributed by atoms with E-state index in [0.29, 0.717) is 29.8 Å². The molecule has 3 rings (SSSR count). The van der Waals surface area contributed by atoms with Crippen LogP contribution >= 0.6 is 0 Å². The molecule has 0 fully saturated rings. The number of benzene rings is 3. The summed E-state index contributed by atoms with van der Waals surface area (Å²) in [5.74, 6) is 1.97. The number of rotatable bonds is 10. The summed E-state index contributed by atoms with van der Waals surface area (Å²) in [5, 5.41) is 4.00. The first kappa shape index (κ1) is 23.9. The Balaban J connectivity index is 1.49. The average Bonchev–Trinajstić information content (AvgIpc) is 2.83. The molecule has 33 heavy (non-hydrogen) atoms. The Kier molecular flexibility index (Phi) is 8.47. The molecule has 1 amide bonds. The summed E-state index contributed by atoms with van der Waals surface area (Å²) < 4.78 is 16.8. The molecule has 0 heterocycles. The van der Waals surface area contributed by atoms with Crippen molar-refractivity contribution in [3.63, 3.8) is 0 Å². The fourth-order valence-corrected chi connectivity index (χ4v) is 3.04. The van der Waals surface area contributed by atoms with E-state index in [9.17, 15) is 4.79 Å². The van der Waals surface area contributed by atoms with Crippen LogP contribution in [0.1, 0.15) is 42.0 Å². The van der Waals surface area contributed by atoms with Crippen molar-refractivity contribution >= 4 is 12.1 Å². The van der Waals surface area contributed by atoms with E-state index in [1.54, 1.807) is 19.4 Å². The minimum atomic E-state index is -0.343. The second kappa shape index (κ2) is 11.7. The van der Waals surface area contributed by atoms with Gasteiger partial charge in [-0.05, 0) is 59.9 Å². The number of aryl methyl sites for hydroxylation is 1. The van der Waals surface area contributed by atoms with E-state index in [2.05, 4.69) is 43.4 Å². The zero-order valence-electron chi connectivity index (χ0n) is 19.5. The van der Waals surface area contributed by atoms with Gasteiger partial charge in [-0.1, -0.05) is 55.8 Å². The van der Waals surface area contributed by atoms with Gasteiger partial charge in [-0.3, -0.25) is 4.79 Å². The summed E-state index contributed by atoms with van der Waals surface area (Å²) in [7, 11) is 1.59. The standard InChI is InChI=1S/C27H30N2O4/c1-19(2)23-10-12-24(13-11-23)32-18-27(30)29-28-16-22-9-14-25(26(15-22)31-4)33-17-21-7-5-20(3)6-8-21/h5-16,19H,17-18H2,1-4H3,(H,29,30)/b28-16+. The number of hydrogen-bond donors (Lipinski definition) is 1. The Bertz CT molecular complexity index is 1070. The van der Waals surface area contributed by atoms with Crippen molar-refractivity contribution in [1.29, 1.82) is 0 Å². The SMILES string of the molecule is COc1cc(/C=N/NC(=O)COc2ccc(C(C)C)cc2)ccc1OCc1ccc(C)cc1. The van der Waals surface area contributed by atoms with Crippen LogP contribution in [-0.2, 0) is 11.4 Å². The minimum absolute atomic E-state index is 0.118. The molecule has 0 aliphatic heterocycles. The van der Waals surface area contributed by atoms with Crippen molar-refractivity contribution in [1.82, 2.24) is 5.43 Å². The van der Waals surface area contributed by atoms with Crippen LogP contribution in [0.25, 0.3) is 0 Å². The zero-order chi connectivity index (χ0) is 23.6. The van der Waals surface area contributed by atoms with Crippen molar-refractivity contribution in [3.05, 3.63) is 89.0 Å². The highest BCUT2D eigenvalue weighted by molar-refractivity contribution is 5.83. The number of ether oxygens (including phenoxy) is 3. The molecule has 0 bridgehead atoms. The minimum Gasteiger partial charge on any atom is -0.493 e. The lowest BCUT2D eigenvalue weighted by atomic mass is 10.0. The molecule has 0 aliphatic rings. The topological polar surface area (TPSA) is 69.2 Å². The fraction of sp³-hybridized carbons (Fsp3) is 0.259. The zero-order valence-corrected chi connectivity index (χ0v) is 19.5. The molecular formula is C27H30N2O4. The Labute approximate surface area is 195 Å². The van der Waals surface area contributed by atoms with Crippen LogP contribution in [0.5, 0.6) is 17.2 Å². The molecule has 0 spiro atoms. The first-order chi connectivity index (χ1) is 15.9. The quantitative estimate of drug-likeness (QED) is 0.342. The van der Waals surface area contributed by atoms with E-state index in [4.69, 9.17) is 14.2 Å². The fourth-order valence-electron chi connectivity index (χ4n) is 3.04. The molecule has 0 saturated heterocycles. The lowest BCUT2D eigenvalue weighted by Crippen LogP contribution is -2.24. The largest absolute Gasteiger partial charge is 0.493 e. The summed E-state index contributed by atoms with van der Waals surface area (Å²) in [6, 6.07) is 21.4. The molecule has 1 N–H and O–H groups in total. The highest BCUT2D eigenvalue weighted by Crippen LogP contribution is 2.28. The van der Waals surface area contributed by atoms with Crippen LogP contribution in [0.2, 0.25) is 0 Å². The van der Waals surface area contributed by atoms with E-state index in [-0.39, 0.29) is 12.5 Å². The first-order valence-corrected chi connectivity index (χ1v) is 10.9. The Morgan fingerprint density at radius 2 is 1.70 bits per heavy atom. The van der Waals surface area contributed by atoms with Crippen LogP contribution in [0, 0.1) is 6.92 Å². The first-order valence-electron chi connectivity index (χ1n) is 10.9. The molecule has 172 valence electrons. The van der Waals surface area contributed by atoms with Crippen LogP contribution in [0.3, 0.4) is 0 Å². The number of amides is 1. The van der Waals surface area contributed by atoms with Crippen molar-refractivity contribution in [2.75, 3.05) is 13.7 Å². The number of methoxy groups -OCH3 is 1. The van der Waals surface area contributed by atoms with Gasteiger partial charge >= 0.3 is 0 Å². The summed E-state index contributed by atoms with van der Waals surface area (Å²) in [5.41, 5.74) is 6.74. The van der Waals surface area contributed by atoms with E-state index in [1.165, 1.54) is 11.1 Å². The lowest BCUT2D eigenvalue weighted by molar-refractivity contribution is -0.123. The molecule has 0 saturated carbocycles. The lowest BCUT2D eigenvalue weighted by Gasteiger charge is -2.11. The summed E-state index contributed by atoms with van der Waals surface area (Å²) in [6.07, 6.45) is 1.54. The van der Waals surface area contributed by atoms with Gasteiger partial charge in [0.1, 0.15) is 12.4 Å². The van der Waals surface area contributed by atoms with Gasteiger partial charge in [0.25, 0.3) is 5.91 Å². The van der Waals surface area contributed by atoms with Gasteiger partial charge < -0.3 is 14.2 Å². The number of hydrazone groups is 1. The maximum absolute atomic E-state index is 12.0. The van der Waals surface area contributed by atoms with E-state index in [1.807, 2.05) is 48.5 Å². The summed E-state index contributed by atoms with van der Waals surface area (Å²) in [4.78, 5) is 12.0. The van der Waals surface area contributed by atoms with Gasteiger partial charge in [-0.2, -0.15) is 5.10 Å². The normalized spacial score (nSPS) is 10.9. The third kappa shape index (κ3) is 7.38. The smallest absolute Gasteiger partial charge is 0.277 e. The van der Waals surface area contributed by atoms with Crippen LogP contribution in [0.4, 0.5) is 0 Å². The number of carbonyl (C=O) groups excluding carboxylic acids is 1. The van der Waals surface area contributed by atoms with Gasteiger partial charge in [-0.15, -0.1) is 0 Å². The van der Waals surface area contributed by atoms with E-state index >= 15 is 0 Å². The van der Waals surface area contributed by atoms with Gasteiger partial charge in [0, 0.05) is 0 Å². The third-order valence-electron chi connectivity index (χ3n) is 5.02. The van der Waals surface area contributed by atoms with Crippen LogP contribution < -0.4 is 19.6 Å². The average molecular weight is 447 g/mol. The monoisotopic (exact) mass is 446 g/mol. The molecule has 6 heteroatoms. The Hall–Kier alpha value is -3.80. The molecule has 0 atom stereocenters. The Morgan fingerprint density at radius 3 is 2.36 bits per heavy atom. The molecule has 0 radical (unpaired) electrons. The van der Waals surface area contributed by atoms with E-state index < -0.39 is 0 Å².